The highest BCUT2D eigenvalue weighted by atomic mass is 35.5. The van der Waals surface area contributed by atoms with Crippen LogP contribution in [0.1, 0.15) is 5.69 Å². The van der Waals surface area contributed by atoms with Crippen LogP contribution in [0.15, 0.2) is 29.4 Å². The van der Waals surface area contributed by atoms with Crippen LogP contribution in [0, 0.1) is 0 Å². The number of fused-ring (bicyclic) bond motifs is 1. The maximum absolute atomic E-state index is 8.32. The zero-order chi connectivity index (χ0) is 9.26. The summed E-state index contributed by atoms with van der Waals surface area (Å²) in [5.74, 6) is 0. The molecule has 2 aromatic rings. The number of aromatic nitrogens is 1. The van der Waals surface area contributed by atoms with Crippen LogP contribution >= 0.6 is 11.6 Å². The van der Waals surface area contributed by atoms with Crippen molar-refractivity contribution in [3.8, 4) is 0 Å². The third-order valence-corrected chi connectivity index (χ3v) is 2.04. The van der Waals surface area contributed by atoms with E-state index >= 15 is 0 Å². The SMILES string of the molecule is O/N=C/c1cc2cc(Cl)ccc2[nH]1. The highest BCUT2D eigenvalue weighted by Crippen LogP contribution is 2.19. The van der Waals surface area contributed by atoms with Crippen molar-refractivity contribution in [2.45, 2.75) is 0 Å². The van der Waals surface area contributed by atoms with Crippen LogP contribution in [0.25, 0.3) is 10.9 Å². The van der Waals surface area contributed by atoms with Crippen LogP contribution in [0.3, 0.4) is 0 Å². The van der Waals surface area contributed by atoms with Crippen molar-refractivity contribution in [3.05, 3.63) is 35.0 Å². The fourth-order valence-electron chi connectivity index (χ4n) is 1.26. The lowest BCUT2D eigenvalue weighted by atomic mass is 10.2. The molecule has 0 radical (unpaired) electrons. The minimum Gasteiger partial charge on any atom is -0.411 e. The van der Waals surface area contributed by atoms with Crippen LogP contribution in [0.5, 0.6) is 0 Å². The van der Waals surface area contributed by atoms with Gasteiger partial charge < -0.3 is 10.2 Å². The number of benzene rings is 1. The number of halogens is 1. The summed E-state index contributed by atoms with van der Waals surface area (Å²) in [6.45, 7) is 0. The Morgan fingerprint density at radius 2 is 2.23 bits per heavy atom. The van der Waals surface area contributed by atoms with Gasteiger partial charge in [0.2, 0.25) is 0 Å². The predicted molar refractivity (Wildman–Crippen MR) is 52.7 cm³/mol. The van der Waals surface area contributed by atoms with Crippen molar-refractivity contribution in [1.82, 2.24) is 4.98 Å². The molecular formula is C9H7ClN2O. The lowest BCUT2D eigenvalue weighted by Gasteiger charge is -1.88. The van der Waals surface area contributed by atoms with E-state index in [-0.39, 0.29) is 0 Å². The summed E-state index contributed by atoms with van der Waals surface area (Å²) in [6, 6.07) is 7.40. The minimum atomic E-state index is 0.694. The Balaban J connectivity index is 2.62. The fourth-order valence-corrected chi connectivity index (χ4v) is 1.44. The van der Waals surface area contributed by atoms with Crippen molar-refractivity contribution in [2.75, 3.05) is 0 Å². The van der Waals surface area contributed by atoms with Gasteiger partial charge in [0, 0.05) is 15.9 Å². The van der Waals surface area contributed by atoms with Crippen molar-refractivity contribution >= 4 is 28.7 Å². The summed E-state index contributed by atoms with van der Waals surface area (Å²) >= 11 is 5.81. The average Bonchev–Trinajstić information content (AvgIpc) is 2.46. The molecule has 3 nitrogen and oxygen atoms in total. The standard InChI is InChI=1S/C9H7ClN2O/c10-7-1-2-9-6(3-7)4-8(12-9)5-11-13/h1-5,12-13H/b11-5+. The number of hydrogen-bond acceptors (Lipinski definition) is 2. The summed E-state index contributed by atoms with van der Waals surface area (Å²) in [5.41, 5.74) is 1.72. The first-order valence-electron chi connectivity index (χ1n) is 3.75. The average molecular weight is 195 g/mol. The van der Waals surface area contributed by atoms with E-state index in [1.165, 1.54) is 6.21 Å². The molecule has 0 aliphatic heterocycles. The molecule has 13 heavy (non-hydrogen) atoms. The van der Waals surface area contributed by atoms with E-state index in [1.807, 2.05) is 18.2 Å². The summed E-state index contributed by atoms with van der Waals surface area (Å²) in [4.78, 5) is 3.06. The summed E-state index contributed by atoms with van der Waals surface area (Å²) in [5, 5.41) is 13.0. The Labute approximate surface area is 79.6 Å². The number of rotatable bonds is 1. The maximum Gasteiger partial charge on any atom is 0.0896 e. The topological polar surface area (TPSA) is 48.4 Å². The molecule has 0 spiro atoms. The molecule has 1 aromatic carbocycles. The molecule has 0 unspecified atom stereocenters. The van der Waals surface area contributed by atoms with E-state index in [9.17, 15) is 0 Å². The molecule has 0 amide bonds. The molecule has 0 aliphatic rings. The van der Waals surface area contributed by atoms with Crippen molar-refractivity contribution in [3.63, 3.8) is 0 Å². The number of H-pyrrole nitrogens is 1. The normalized spacial score (nSPS) is 11.5. The van der Waals surface area contributed by atoms with Gasteiger partial charge in [-0.15, -0.1) is 0 Å². The zero-order valence-corrected chi connectivity index (χ0v) is 7.42. The smallest absolute Gasteiger partial charge is 0.0896 e. The van der Waals surface area contributed by atoms with Gasteiger partial charge in [-0.05, 0) is 24.3 Å². The first kappa shape index (κ1) is 8.13. The quantitative estimate of drug-likeness (QED) is 0.409. The van der Waals surface area contributed by atoms with E-state index in [1.54, 1.807) is 6.07 Å². The Hall–Kier alpha value is -1.48. The second kappa shape index (κ2) is 3.11. The molecule has 2 N–H and O–H groups in total. The second-order valence-electron chi connectivity index (χ2n) is 2.70. The Bertz CT molecular complexity index is 462. The number of hydrogen-bond donors (Lipinski definition) is 2. The molecule has 1 heterocycles. The number of nitrogens with one attached hydrogen (secondary N) is 1. The van der Waals surface area contributed by atoms with Crippen molar-refractivity contribution < 1.29 is 5.21 Å². The van der Waals surface area contributed by atoms with Gasteiger partial charge in [-0.25, -0.2) is 0 Å². The molecule has 0 bridgehead atoms. The van der Waals surface area contributed by atoms with Gasteiger partial charge >= 0.3 is 0 Å². The van der Waals surface area contributed by atoms with Crippen molar-refractivity contribution in [1.29, 1.82) is 0 Å². The van der Waals surface area contributed by atoms with E-state index in [0.717, 1.165) is 16.6 Å². The fraction of sp³-hybridized carbons (Fsp3) is 0. The molecule has 0 saturated carbocycles. The molecule has 1 aromatic heterocycles. The van der Waals surface area contributed by atoms with E-state index in [0.29, 0.717) is 5.02 Å². The van der Waals surface area contributed by atoms with Gasteiger partial charge in [0.15, 0.2) is 0 Å². The van der Waals surface area contributed by atoms with Gasteiger partial charge in [-0.1, -0.05) is 16.8 Å². The Morgan fingerprint density at radius 3 is 3.00 bits per heavy atom. The molecule has 2 rings (SSSR count). The third-order valence-electron chi connectivity index (χ3n) is 1.80. The molecule has 0 atom stereocenters. The van der Waals surface area contributed by atoms with Gasteiger partial charge in [0.1, 0.15) is 0 Å². The molecular weight excluding hydrogens is 188 g/mol. The summed E-state index contributed by atoms with van der Waals surface area (Å²) < 4.78 is 0. The van der Waals surface area contributed by atoms with E-state index < -0.39 is 0 Å². The largest absolute Gasteiger partial charge is 0.411 e. The molecule has 4 heteroatoms. The summed E-state index contributed by atoms with van der Waals surface area (Å²) in [6.07, 6.45) is 1.34. The van der Waals surface area contributed by atoms with E-state index in [2.05, 4.69) is 10.1 Å². The number of oxime groups is 1. The molecule has 0 fully saturated rings. The van der Waals surface area contributed by atoms with Crippen LogP contribution < -0.4 is 0 Å². The van der Waals surface area contributed by atoms with Gasteiger partial charge in [-0.3, -0.25) is 0 Å². The minimum absolute atomic E-state index is 0.694. The lowest BCUT2D eigenvalue weighted by molar-refractivity contribution is 0.321. The van der Waals surface area contributed by atoms with Crippen molar-refractivity contribution in [2.24, 2.45) is 5.16 Å². The predicted octanol–water partition coefficient (Wildman–Crippen LogP) is 2.63. The summed E-state index contributed by atoms with van der Waals surface area (Å²) in [7, 11) is 0. The number of aromatic amines is 1. The first-order valence-corrected chi connectivity index (χ1v) is 4.13. The third kappa shape index (κ3) is 1.51. The monoisotopic (exact) mass is 194 g/mol. The van der Waals surface area contributed by atoms with Crippen LogP contribution in [-0.2, 0) is 0 Å². The van der Waals surface area contributed by atoms with Gasteiger partial charge in [0.05, 0.1) is 11.9 Å². The highest BCUT2D eigenvalue weighted by Gasteiger charge is 1.98. The van der Waals surface area contributed by atoms with Gasteiger partial charge in [0.25, 0.3) is 0 Å². The Morgan fingerprint density at radius 1 is 1.38 bits per heavy atom. The first-order chi connectivity index (χ1) is 6.29. The maximum atomic E-state index is 8.32. The zero-order valence-electron chi connectivity index (χ0n) is 6.66. The van der Waals surface area contributed by atoms with Crippen LogP contribution in [0.2, 0.25) is 5.02 Å². The Kier molecular flexibility index (Phi) is 1.94. The lowest BCUT2D eigenvalue weighted by Crippen LogP contribution is -1.77. The molecule has 0 saturated heterocycles. The van der Waals surface area contributed by atoms with E-state index in [4.69, 9.17) is 16.8 Å². The van der Waals surface area contributed by atoms with Crippen LogP contribution in [-0.4, -0.2) is 16.4 Å². The van der Waals surface area contributed by atoms with Crippen LogP contribution in [0.4, 0.5) is 0 Å². The molecule has 66 valence electrons. The van der Waals surface area contributed by atoms with Gasteiger partial charge in [-0.2, -0.15) is 0 Å². The second-order valence-corrected chi connectivity index (χ2v) is 3.14. The molecule has 0 aliphatic carbocycles. The number of nitrogens with zero attached hydrogens (tertiary/aromatic N) is 1. The highest BCUT2D eigenvalue weighted by molar-refractivity contribution is 6.31.